The first-order valence-electron chi connectivity index (χ1n) is 11.5. The molecule has 4 atom stereocenters. The average Bonchev–Trinajstić information content (AvgIpc) is 2.96. The quantitative estimate of drug-likeness (QED) is 0.233. The number of carbonyl (C=O) groups is 1. The monoisotopic (exact) mass is 484 g/mol. The van der Waals surface area contributed by atoms with E-state index in [1.54, 1.807) is 72.8 Å². The van der Waals surface area contributed by atoms with Gasteiger partial charge in [-0.25, -0.2) is 0 Å². The van der Waals surface area contributed by atoms with Gasteiger partial charge in [0.25, 0.3) is 0 Å². The van der Waals surface area contributed by atoms with Crippen molar-refractivity contribution in [1.29, 1.82) is 0 Å². The van der Waals surface area contributed by atoms with Gasteiger partial charge in [0.05, 0.1) is 6.61 Å². The van der Waals surface area contributed by atoms with Crippen molar-refractivity contribution < 1.29 is 30.3 Å². The molecule has 0 aliphatic rings. The molecule has 0 unspecified atom stereocenters. The van der Waals surface area contributed by atoms with Crippen LogP contribution in [0.2, 0.25) is 0 Å². The van der Waals surface area contributed by atoms with Gasteiger partial charge in [-0.05, 0) is 16.7 Å². The lowest BCUT2D eigenvalue weighted by molar-refractivity contribution is -0.281. The zero-order valence-electron chi connectivity index (χ0n) is 19.5. The minimum atomic E-state index is -2.89. The third-order valence-corrected chi connectivity index (χ3v) is 6.69. The Morgan fingerprint density at radius 2 is 1.00 bits per heavy atom. The van der Waals surface area contributed by atoms with Gasteiger partial charge < -0.3 is 25.5 Å². The maximum Gasteiger partial charge on any atom is 0.202 e. The van der Waals surface area contributed by atoms with Crippen LogP contribution in [-0.4, -0.2) is 44.0 Å². The second-order valence-corrected chi connectivity index (χ2v) is 8.68. The fraction of sp³-hybridized carbons (Fsp3) is 0.167. The molecule has 0 fully saturated rings. The molecular weight excluding hydrogens is 456 g/mol. The Morgan fingerprint density at radius 1 is 0.611 bits per heavy atom. The molecule has 0 amide bonds. The Bertz CT molecular complexity index is 1280. The molecule has 0 aliphatic carbocycles. The van der Waals surface area contributed by atoms with Crippen molar-refractivity contribution in [3.8, 4) is 0 Å². The number of Topliss-reactive ketones (excluding diaryl/α,β-unsaturated/α-hetero) is 1. The number of rotatable bonds is 9. The second-order valence-electron chi connectivity index (χ2n) is 8.68. The van der Waals surface area contributed by atoms with Crippen molar-refractivity contribution in [2.24, 2.45) is 0 Å². The van der Waals surface area contributed by atoms with Gasteiger partial charge in [0.1, 0.15) is 6.10 Å². The second kappa shape index (κ2) is 10.1. The molecule has 36 heavy (non-hydrogen) atoms. The van der Waals surface area contributed by atoms with E-state index in [0.717, 1.165) is 0 Å². The molecule has 6 nitrogen and oxygen atoms in total. The van der Waals surface area contributed by atoms with Gasteiger partial charge >= 0.3 is 0 Å². The molecule has 4 rings (SSSR count). The van der Waals surface area contributed by atoms with E-state index in [4.69, 9.17) is 0 Å². The maximum absolute atomic E-state index is 14.2. The lowest BCUT2D eigenvalue weighted by Crippen LogP contribution is -2.69. The molecular formula is C30H28O6. The van der Waals surface area contributed by atoms with E-state index in [0.29, 0.717) is 0 Å². The summed E-state index contributed by atoms with van der Waals surface area (Å²) >= 11 is 0. The Morgan fingerprint density at radius 3 is 1.44 bits per heavy atom. The topological polar surface area (TPSA) is 118 Å². The molecule has 5 N–H and O–H groups in total. The Hall–Kier alpha value is -3.65. The molecule has 184 valence electrons. The number of carbonyl (C=O) groups excluding carboxylic acids is 1. The number of aliphatic hydroxyl groups excluding tert-OH is 2. The fourth-order valence-electron chi connectivity index (χ4n) is 4.83. The predicted octanol–water partition coefficient (Wildman–Crippen LogP) is 2.89. The Kier molecular flexibility index (Phi) is 7.17. The molecule has 0 saturated heterocycles. The fourth-order valence-corrected chi connectivity index (χ4v) is 4.83. The summed E-state index contributed by atoms with van der Waals surface area (Å²) < 4.78 is 0. The first kappa shape index (κ1) is 25.4. The van der Waals surface area contributed by atoms with Gasteiger partial charge in [0, 0.05) is 5.56 Å². The zero-order chi connectivity index (χ0) is 25.8. The van der Waals surface area contributed by atoms with Crippen LogP contribution >= 0.6 is 0 Å². The highest BCUT2D eigenvalue weighted by atomic mass is 16.4. The molecule has 0 radical (unpaired) electrons. The van der Waals surface area contributed by atoms with Crippen molar-refractivity contribution >= 4 is 5.78 Å². The molecule has 0 spiro atoms. The number of hydrogen-bond donors (Lipinski definition) is 5. The van der Waals surface area contributed by atoms with Crippen LogP contribution in [0.15, 0.2) is 121 Å². The van der Waals surface area contributed by atoms with Crippen molar-refractivity contribution in [1.82, 2.24) is 0 Å². The average molecular weight is 485 g/mol. The van der Waals surface area contributed by atoms with Gasteiger partial charge in [-0.15, -0.1) is 0 Å². The van der Waals surface area contributed by atoms with E-state index >= 15 is 0 Å². The summed E-state index contributed by atoms with van der Waals surface area (Å²) in [6.45, 7) is -0.967. The number of ketones is 1. The largest absolute Gasteiger partial charge is 0.394 e. The van der Waals surface area contributed by atoms with Crippen LogP contribution in [0.5, 0.6) is 0 Å². The van der Waals surface area contributed by atoms with Crippen LogP contribution in [-0.2, 0) is 16.8 Å². The molecule has 0 bridgehead atoms. The Balaban J connectivity index is 2.16. The summed E-state index contributed by atoms with van der Waals surface area (Å²) in [7, 11) is 0. The van der Waals surface area contributed by atoms with Gasteiger partial charge in [0.2, 0.25) is 5.78 Å². The zero-order valence-corrected chi connectivity index (χ0v) is 19.5. The summed E-state index contributed by atoms with van der Waals surface area (Å²) in [6, 6.07) is 31.2. The third-order valence-electron chi connectivity index (χ3n) is 6.69. The summed E-state index contributed by atoms with van der Waals surface area (Å²) in [5.74, 6) is -0.903. The standard InChI is InChI=1S/C30H28O6/c31-21-26(32)28(34,23-15-7-2-8-16-23)30(36,25-19-11-4-12-20-25)29(35,24-17-9-3-10-18-24)27(33)22-13-5-1-6-14-22/h1-20,26,31-32,34-36H,21H2/t26-,28-,29+,30+/m1/s1. The molecule has 4 aromatic carbocycles. The lowest BCUT2D eigenvalue weighted by atomic mass is 9.58. The van der Waals surface area contributed by atoms with E-state index in [2.05, 4.69) is 0 Å². The number of benzene rings is 4. The smallest absolute Gasteiger partial charge is 0.202 e. The summed E-state index contributed by atoms with van der Waals surface area (Å²) in [5, 5.41) is 58.8. The Labute approximate surface area is 209 Å². The van der Waals surface area contributed by atoms with E-state index in [1.807, 2.05) is 0 Å². The molecule has 4 aromatic rings. The first-order valence-corrected chi connectivity index (χ1v) is 11.5. The third kappa shape index (κ3) is 3.86. The highest BCUT2D eigenvalue weighted by Gasteiger charge is 2.69. The SMILES string of the molecule is O=C(c1ccccc1)[C@@](O)(c1ccccc1)[C@](O)(c1ccccc1)[C@@](O)(c1ccccc1)[C@H](O)CO. The maximum atomic E-state index is 14.2. The van der Waals surface area contributed by atoms with Gasteiger partial charge in [-0.3, -0.25) is 4.79 Å². The first-order chi connectivity index (χ1) is 17.3. The molecule has 0 heterocycles. The van der Waals surface area contributed by atoms with E-state index < -0.39 is 35.3 Å². The van der Waals surface area contributed by atoms with Gasteiger partial charge in [0.15, 0.2) is 16.8 Å². The van der Waals surface area contributed by atoms with Gasteiger partial charge in [-0.1, -0.05) is 121 Å². The summed E-state index contributed by atoms with van der Waals surface area (Å²) in [6.07, 6.45) is -2.00. The van der Waals surface area contributed by atoms with Crippen molar-refractivity contribution in [3.63, 3.8) is 0 Å². The molecule has 0 saturated carbocycles. The molecule has 0 aromatic heterocycles. The van der Waals surface area contributed by atoms with Crippen LogP contribution in [0.3, 0.4) is 0 Å². The minimum absolute atomic E-state index is 0.00637. The van der Waals surface area contributed by atoms with Crippen LogP contribution in [0.4, 0.5) is 0 Å². The van der Waals surface area contributed by atoms with Crippen LogP contribution in [0, 0.1) is 0 Å². The van der Waals surface area contributed by atoms with Crippen LogP contribution in [0.1, 0.15) is 27.0 Å². The molecule has 0 aliphatic heterocycles. The van der Waals surface area contributed by atoms with E-state index in [9.17, 15) is 30.3 Å². The minimum Gasteiger partial charge on any atom is -0.394 e. The lowest BCUT2D eigenvalue weighted by Gasteiger charge is -2.53. The van der Waals surface area contributed by atoms with Crippen molar-refractivity contribution in [2.75, 3.05) is 6.61 Å². The molecule has 6 heteroatoms. The number of aliphatic hydroxyl groups is 5. The summed E-state index contributed by atoms with van der Waals surface area (Å²) in [4.78, 5) is 14.2. The van der Waals surface area contributed by atoms with Crippen molar-refractivity contribution in [2.45, 2.75) is 22.9 Å². The van der Waals surface area contributed by atoms with Crippen LogP contribution in [0.25, 0.3) is 0 Å². The normalized spacial score (nSPS) is 17.2. The highest BCUT2D eigenvalue weighted by molar-refractivity contribution is 6.04. The highest BCUT2D eigenvalue weighted by Crippen LogP contribution is 2.54. The van der Waals surface area contributed by atoms with E-state index in [-0.39, 0.29) is 22.3 Å². The van der Waals surface area contributed by atoms with Crippen LogP contribution < -0.4 is 0 Å². The van der Waals surface area contributed by atoms with E-state index in [1.165, 1.54) is 48.5 Å². The predicted molar refractivity (Wildman–Crippen MR) is 135 cm³/mol. The van der Waals surface area contributed by atoms with Crippen molar-refractivity contribution in [3.05, 3.63) is 144 Å². The number of hydrogen-bond acceptors (Lipinski definition) is 6. The van der Waals surface area contributed by atoms with Gasteiger partial charge in [-0.2, -0.15) is 0 Å². The summed E-state index contributed by atoms with van der Waals surface area (Å²) in [5.41, 5.74) is -8.44.